The molecular weight excluding hydrogens is 701 g/mol. The van der Waals surface area contributed by atoms with E-state index < -0.39 is 29.9 Å². The molecule has 2 saturated heterocycles. The molecule has 2 aliphatic heterocycles. The molecule has 4 aromatic rings. The van der Waals surface area contributed by atoms with Crippen LogP contribution in [0, 0.1) is 0 Å². The maximum atomic E-state index is 12.5. The second kappa shape index (κ2) is 17.2. The Balaban J connectivity index is 0.000000241. The Labute approximate surface area is 301 Å². The average Bonchev–Trinajstić information content (AvgIpc) is 3.16. The predicted molar refractivity (Wildman–Crippen MR) is 185 cm³/mol. The number of alkyl halides is 3. The molecular formula is C35H35F3N8O7. The number of anilines is 3. The fraction of sp³-hybridized carbons (Fsp3) is 0.286. The van der Waals surface area contributed by atoms with Crippen molar-refractivity contribution in [1.82, 2.24) is 24.8 Å². The number of carbonyl (C=O) groups is 4. The summed E-state index contributed by atoms with van der Waals surface area (Å²) in [5.41, 5.74) is 0.865. The summed E-state index contributed by atoms with van der Waals surface area (Å²) in [7, 11) is 0. The predicted octanol–water partition coefficient (Wildman–Crippen LogP) is 4.58. The molecule has 2 fully saturated rings. The molecule has 1 aromatic carbocycles. The first kappa shape index (κ1) is 37.8. The summed E-state index contributed by atoms with van der Waals surface area (Å²) in [5, 5.41) is 20.4. The van der Waals surface area contributed by atoms with Gasteiger partial charge in [-0.05, 0) is 42.0 Å². The third-order valence-electron chi connectivity index (χ3n) is 8.20. The molecule has 53 heavy (non-hydrogen) atoms. The quantitative estimate of drug-likeness (QED) is 0.241. The minimum Gasteiger partial charge on any atom is -0.481 e. The molecule has 2 aliphatic rings. The molecule has 278 valence electrons. The summed E-state index contributed by atoms with van der Waals surface area (Å²) < 4.78 is 42.5. The van der Waals surface area contributed by atoms with E-state index in [4.69, 9.17) is 14.9 Å². The number of hydrogen-bond donors (Lipinski definition) is 3. The van der Waals surface area contributed by atoms with Crippen LogP contribution in [0.5, 0.6) is 5.88 Å². The van der Waals surface area contributed by atoms with Gasteiger partial charge < -0.3 is 39.9 Å². The molecule has 0 bridgehead atoms. The number of aromatic nitrogens is 3. The minimum absolute atomic E-state index is 0.0681. The molecule has 0 saturated carbocycles. The van der Waals surface area contributed by atoms with Gasteiger partial charge in [0.2, 0.25) is 5.88 Å². The summed E-state index contributed by atoms with van der Waals surface area (Å²) >= 11 is 0. The SMILES string of the molecule is O=C(O)Cc1ccc(N2CCN(C(=O)Oc3ccc(NC(=O)c4ccccc4)cn3)CC2)nc1.O=C(O)N1CCN(c2ccc(C(F)(F)F)cn2)CC1. The molecule has 5 heterocycles. The maximum absolute atomic E-state index is 12.5. The van der Waals surface area contributed by atoms with Crippen LogP contribution in [0.3, 0.4) is 0 Å². The zero-order valence-corrected chi connectivity index (χ0v) is 28.1. The number of carboxylic acid groups (broad SMARTS) is 2. The number of nitrogens with one attached hydrogen (secondary N) is 1. The number of aliphatic carboxylic acids is 1. The smallest absolute Gasteiger partial charge is 0.417 e. The number of carboxylic acids is 1. The van der Waals surface area contributed by atoms with E-state index in [0.29, 0.717) is 75.0 Å². The molecule has 0 aliphatic carbocycles. The Hall–Kier alpha value is -6.46. The average molecular weight is 737 g/mol. The van der Waals surface area contributed by atoms with E-state index in [-0.39, 0.29) is 18.2 Å². The highest BCUT2D eigenvalue weighted by Crippen LogP contribution is 2.29. The number of nitrogens with zero attached hydrogens (tertiary/aromatic N) is 7. The van der Waals surface area contributed by atoms with Crippen LogP contribution in [-0.4, -0.2) is 111 Å². The first-order valence-electron chi connectivity index (χ1n) is 16.3. The zero-order chi connectivity index (χ0) is 38.0. The lowest BCUT2D eigenvalue weighted by Gasteiger charge is -2.34. The molecule has 0 radical (unpaired) electrons. The Kier molecular flexibility index (Phi) is 12.2. The minimum atomic E-state index is -4.40. The number of piperazine rings is 2. The lowest BCUT2D eigenvalue weighted by molar-refractivity contribution is -0.138. The van der Waals surface area contributed by atoms with Gasteiger partial charge in [0, 0.05) is 76.4 Å². The first-order valence-corrected chi connectivity index (χ1v) is 16.3. The van der Waals surface area contributed by atoms with Crippen molar-refractivity contribution in [3.05, 3.63) is 102 Å². The van der Waals surface area contributed by atoms with Crippen molar-refractivity contribution in [2.45, 2.75) is 12.6 Å². The van der Waals surface area contributed by atoms with Crippen molar-refractivity contribution < 1.29 is 47.3 Å². The van der Waals surface area contributed by atoms with Crippen LogP contribution >= 0.6 is 0 Å². The molecule has 15 nitrogen and oxygen atoms in total. The van der Waals surface area contributed by atoms with Crippen molar-refractivity contribution in [3.63, 3.8) is 0 Å². The third-order valence-corrected chi connectivity index (χ3v) is 8.20. The summed E-state index contributed by atoms with van der Waals surface area (Å²) in [6, 6.07) is 17.8. The Morgan fingerprint density at radius 3 is 1.79 bits per heavy atom. The molecule has 0 unspecified atom stereocenters. The Bertz CT molecular complexity index is 1850. The van der Waals surface area contributed by atoms with E-state index in [1.807, 2.05) is 11.0 Å². The normalized spacial score (nSPS) is 14.5. The van der Waals surface area contributed by atoms with Gasteiger partial charge in [0.15, 0.2) is 0 Å². The fourth-order valence-corrected chi connectivity index (χ4v) is 5.33. The van der Waals surface area contributed by atoms with Gasteiger partial charge in [-0.25, -0.2) is 24.5 Å². The van der Waals surface area contributed by atoms with E-state index in [1.54, 1.807) is 58.5 Å². The highest BCUT2D eigenvalue weighted by molar-refractivity contribution is 6.04. The van der Waals surface area contributed by atoms with Crippen molar-refractivity contribution in [3.8, 4) is 5.88 Å². The van der Waals surface area contributed by atoms with Crippen LogP contribution < -0.4 is 19.9 Å². The van der Waals surface area contributed by atoms with Crippen molar-refractivity contribution in [1.29, 1.82) is 0 Å². The van der Waals surface area contributed by atoms with Gasteiger partial charge >= 0.3 is 24.3 Å². The molecule has 0 atom stereocenters. The second-order valence-corrected chi connectivity index (χ2v) is 11.8. The summed E-state index contributed by atoms with van der Waals surface area (Å²) in [6.45, 7) is 3.51. The van der Waals surface area contributed by atoms with E-state index in [1.165, 1.54) is 23.2 Å². The highest BCUT2D eigenvalue weighted by atomic mass is 19.4. The van der Waals surface area contributed by atoms with Crippen LogP contribution in [0.4, 0.5) is 40.1 Å². The largest absolute Gasteiger partial charge is 0.481 e. The lowest BCUT2D eigenvalue weighted by atomic mass is 10.2. The van der Waals surface area contributed by atoms with Gasteiger partial charge in [-0.2, -0.15) is 13.2 Å². The number of ether oxygens (including phenoxy) is 1. The van der Waals surface area contributed by atoms with Crippen LogP contribution in [0.1, 0.15) is 21.5 Å². The molecule has 3 amide bonds. The zero-order valence-electron chi connectivity index (χ0n) is 28.1. The number of hydrogen-bond acceptors (Lipinski definition) is 10. The van der Waals surface area contributed by atoms with Crippen molar-refractivity contribution in [2.24, 2.45) is 0 Å². The van der Waals surface area contributed by atoms with Gasteiger partial charge in [0.25, 0.3) is 5.91 Å². The van der Waals surface area contributed by atoms with E-state index >= 15 is 0 Å². The monoisotopic (exact) mass is 736 g/mol. The second-order valence-electron chi connectivity index (χ2n) is 11.8. The number of carbonyl (C=O) groups excluding carboxylic acids is 2. The van der Waals surface area contributed by atoms with Gasteiger partial charge in [-0.15, -0.1) is 0 Å². The van der Waals surface area contributed by atoms with Gasteiger partial charge in [-0.3, -0.25) is 9.59 Å². The number of benzene rings is 1. The van der Waals surface area contributed by atoms with Gasteiger partial charge in [0.1, 0.15) is 11.6 Å². The van der Waals surface area contributed by atoms with Crippen molar-refractivity contribution >= 4 is 41.4 Å². The Morgan fingerprint density at radius 1 is 0.698 bits per heavy atom. The van der Waals surface area contributed by atoms with E-state index in [2.05, 4.69) is 20.3 Å². The highest BCUT2D eigenvalue weighted by Gasteiger charge is 2.31. The standard InChI is InChI=1S/C24H23N5O5.C11H12F3N3O2/c30-22(31)14-17-6-8-20(25-15-17)28-10-12-29(13-11-28)24(33)34-21-9-7-19(16-26-21)27-23(32)18-4-2-1-3-5-18;12-11(13,14)8-1-2-9(15-7-8)16-3-5-17(6-4-16)10(18)19/h1-9,15-16H,10-14H2,(H,27,32)(H,30,31);1-2,7H,3-6H2,(H,18,19). The molecule has 6 rings (SSSR count). The fourth-order valence-electron chi connectivity index (χ4n) is 5.33. The topological polar surface area (TPSA) is 182 Å². The number of halogens is 3. The van der Waals surface area contributed by atoms with Crippen LogP contribution in [0.25, 0.3) is 0 Å². The molecule has 3 aromatic heterocycles. The van der Waals surface area contributed by atoms with Crippen LogP contribution in [-0.2, 0) is 17.4 Å². The number of rotatable bonds is 7. The molecule has 18 heteroatoms. The van der Waals surface area contributed by atoms with Gasteiger partial charge in [0.05, 0.1) is 23.9 Å². The first-order chi connectivity index (χ1) is 25.4. The summed E-state index contributed by atoms with van der Waals surface area (Å²) in [5.74, 6) is 0.148. The Morgan fingerprint density at radius 2 is 1.30 bits per heavy atom. The maximum Gasteiger partial charge on any atom is 0.417 e. The molecule has 0 spiro atoms. The van der Waals surface area contributed by atoms with Gasteiger partial charge in [-0.1, -0.05) is 24.3 Å². The number of amides is 3. The van der Waals surface area contributed by atoms with E-state index in [0.717, 1.165) is 18.1 Å². The van der Waals surface area contributed by atoms with E-state index in [9.17, 15) is 32.3 Å². The summed E-state index contributed by atoms with van der Waals surface area (Å²) in [6.07, 6.45) is -2.17. The van der Waals surface area contributed by atoms with Crippen LogP contribution in [0.2, 0.25) is 0 Å². The third kappa shape index (κ3) is 10.8. The lowest BCUT2D eigenvalue weighted by Crippen LogP contribution is -2.49. The molecule has 3 N–H and O–H groups in total. The van der Waals surface area contributed by atoms with Crippen LogP contribution in [0.15, 0.2) is 85.3 Å². The number of pyridine rings is 3. The van der Waals surface area contributed by atoms with Crippen molar-refractivity contribution in [2.75, 3.05) is 67.5 Å². The summed E-state index contributed by atoms with van der Waals surface area (Å²) in [4.78, 5) is 65.1.